The molecule has 0 fully saturated rings. The number of hydrogen-bond donors (Lipinski definition) is 1. The van der Waals surface area contributed by atoms with Gasteiger partial charge in [-0.3, -0.25) is 14.5 Å². The summed E-state index contributed by atoms with van der Waals surface area (Å²) in [5.41, 5.74) is 0.698. The second kappa shape index (κ2) is 5.09. The van der Waals surface area contributed by atoms with E-state index in [-0.39, 0.29) is 11.9 Å². The first-order chi connectivity index (χ1) is 8.18. The zero-order chi connectivity index (χ0) is 12.3. The van der Waals surface area contributed by atoms with Crippen LogP contribution in [-0.4, -0.2) is 20.7 Å². The second-order valence-electron chi connectivity index (χ2n) is 3.51. The molecule has 1 N–H and O–H groups in total. The average Bonchev–Trinajstić information content (AvgIpc) is 2.84. The lowest BCUT2D eigenvalue weighted by Gasteiger charge is -2.13. The Kier molecular flexibility index (Phi) is 3.53. The SMILES string of the molecule is CC(C(=O)Nc1ccncc1Br)n1cccn1. The van der Waals surface area contributed by atoms with Crippen molar-refractivity contribution >= 4 is 27.5 Å². The maximum absolute atomic E-state index is 11.9. The number of pyridine rings is 1. The van der Waals surface area contributed by atoms with Crippen LogP contribution in [0.5, 0.6) is 0 Å². The number of nitrogens with one attached hydrogen (secondary N) is 1. The molecule has 1 amide bonds. The van der Waals surface area contributed by atoms with E-state index in [0.717, 1.165) is 4.47 Å². The molecule has 1 unspecified atom stereocenters. The van der Waals surface area contributed by atoms with Crippen LogP contribution < -0.4 is 5.32 Å². The summed E-state index contributed by atoms with van der Waals surface area (Å²) in [4.78, 5) is 15.9. The highest BCUT2D eigenvalue weighted by atomic mass is 79.9. The average molecular weight is 295 g/mol. The second-order valence-corrected chi connectivity index (χ2v) is 4.36. The van der Waals surface area contributed by atoms with Crippen LogP contribution >= 0.6 is 15.9 Å². The first-order valence-electron chi connectivity index (χ1n) is 5.08. The van der Waals surface area contributed by atoms with E-state index in [4.69, 9.17) is 0 Å². The maximum atomic E-state index is 11.9. The molecule has 1 atom stereocenters. The van der Waals surface area contributed by atoms with Gasteiger partial charge in [-0.1, -0.05) is 0 Å². The number of aromatic nitrogens is 3. The molecule has 5 nitrogen and oxygen atoms in total. The summed E-state index contributed by atoms with van der Waals surface area (Å²) < 4.78 is 2.35. The number of nitrogens with zero attached hydrogens (tertiary/aromatic N) is 3. The third-order valence-corrected chi connectivity index (χ3v) is 2.96. The monoisotopic (exact) mass is 294 g/mol. The number of amides is 1. The number of anilines is 1. The molecule has 17 heavy (non-hydrogen) atoms. The molecule has 6 heteroatoms. The predicted octanol–water partition coefficient (Wildman–Crippen LogP) is 2.24. The minimum absolute atomic E-state index is 0.124. The van der Waals surface area contributed by atoms with Gasteiger partial charge in [0.1, 0.15) is 6.04 Å². The van der Waals surface area contributed by atoms with Gasteiger partial charge in [-0.15, -0.1) is 0 Å². The van der Waals surface area contributed by atoms with Crippen LogP contribution in [0.3, 0.4) is 0 Å². The fourth-order valence-electron chi connectivity index (χ4n) is 1.34. The summed E-state index contributed by atoms with van der Waals surface area (Å²) in [5.74, 6) is -0.124. The van der Waals surface area contributed by atoms with Crippen molar-refractivity contribution in [2.24, 2.45) is 0 Å². The van der Waals surface area contributed by atoms with E-state index in [9.17, 15) is 4.79 Å². The Morgan fingerprint density at radius 1 is 1.53 bits per heavy atom. The lowest BCUT2D eigenvalue weighted by molar-refractivity contribution is -0.119. The third-order valence-electron chi connectivity index (χ3n) is 2.33. The molecule has 2 heterocycles. The molecule has 0 bridgehead atoms. The molecule has 0 aliphatic heterocycles. The first kappa shape index (κ1) is 11.8. The first-order valence-corrected chi connectivity index (χ1v) is 5.87. The lowest BCUT2D eigenvalue weighted by atomic mass is 10.3. The zero-order valence-electron chi connectivity index (χ0n) is 9.17. The molecular weight excluding hydrogens is 284 g/mol. The molecule has 0 aromatic carbocycles. The molecule has 0 saturated heterocycles. The van der Waals surface area contributed by atoms with Gasteiger partial charge in [0.05, 0.1) is 10.2 Å². The van der Waals surface area contributed by atoms with Crippen molar-refractivity contribution < 1.29 is 4.79 Å². The molecule has 2 rings (SSSR count). The zero-order valence-corrected chi connectivity index (χ0v) is 10.8. The Hall–Kier alpha value is -1.69. The highest BCUT2D eigenvalue weighted by molar-refractivity contribution is 9.10. The molecule has 2 aromatic heterocycles. The van der Waals surface area contributed by atoms with Crippen molar-refractivity contribution in [2.75, 3.05) is 5.32 Å². The van der Waals surface area contributed by atoms with Gasteiger partial charge in [-0.05, 0) is 35.0 Å². The Morgan fingerprint density at radius 2 is 2.35 bits per heavy atom. The van der Waals surface area contributed by atoms with Crippen LogP contribution in [0.15, 0.2) is 41.4 Å². The van der Waals surface area contributed by atoms with Gasteiger partial charge < -0.3 is 5.32 Å². The maximum Gasteiger partial charge on any atom is 0.248 e. The van der Waals surface area contributed by atoms with Crippen molar-refractivity contribution in [3.05, 3.63) is 41.4 Å². The van der Waals surface area contributed by atoms with Crippen LogP contribution in [-0.2, 0) is 4.79 Å². The van der Waals surface area contributed by atoms with Crippen molar-refractivity contribution in [3.63, 3.8) is 0 Å². The minimum atomic E-state index is -0.356. The molecule has 0 radical (unpaired) electrons. The van der Waals surface area contributed by atoms with Crippen molar-refractivity contribution in [2.45, 2.75) is 13.0 Å². The molecule has 0 aliphatic rings. The Balaban J connectivity index is 2.10. The van der Waals surface area contributed by atoms with Gasteiger partial charge in [-0.25, -0.2) is 0 Å². The number of hydrogen-bond acceptors (Lipinski definition) is 3. The standard InChI is InChI=1S/C11H11BrN4O/c1-8(16-6-2-4-14-16)11(17)15-10-3-5-13-7-9(10)12/h2-8H,1H3,(H,13,15,17). The van der Waals surface area contributed by atoms with Crippen LogP contribution in [0.25, 0.3) is 0 Å². The Morgan fingerprint density at radius 3 is 3.00 bits per heavy atom. The largest absolute Gasteiger partial charge is 0.323 e. The lowest BCUT2D eigenvalue weighted by Crippen LogP contribution is -2.24. The third kappa shape index (κ3) is 2.71. The van der Waals surface area contributed by atoms with E-state index >= 15 is 0 Å². The number of carbonyl (C=O) groups is 1. The fourth-order valence-corrected chi connectivity index (χ4v) is 1.69. The van der Waals surface area contributed by atoms with Crippen molar-refractivity contribution in [3.8, 4) is 0 Å². The Labute approximate surface area is 107 Å². The molecule has 2 aromatic rings. The van der Waals surface area contributed by atoms with Gasteiger partial charge in [0.2, 0.25) is 5.91 Å². The van der Waals surface area contributed by atoms with Crippen molar-refractivity contribution in [1.29, 1.82) is 0 Å². The fraction of sp³-hybridized carbons (Fsp3) is 0.182. The number of halogens is 1. The van der Waals surface area contributed by atoms with Crippen LogP contribution in [0, 0.1) is 0 Å². The molecule has 88 valence electrons. The summed E-state index contributed by atoms with van der Waals surface area (Å²) in [7, 11) is 0. The molecule has 0 aliphatic carbocycles. The van der Waals surface area contributed by atoms with E-state index in [0.29, 0.717) is 5.69 Å². The van der Waals surface area contributed by atoms with Gasteiger partial charge in [0, 0.05) is 24.8 Å². The summed E-state index contributed by atoms with van der Waals surface area (Å²) in [5, 5.41) is 6.84. The smallest absolute Gasteiger partial charge is 0.248 e. The summed E-state index contributed by atoms with van der Waals surface area (Å²) in [6, 6.07) is 3.16. The molecule has 0 spiro atoms. The number of rotatable bonds is 3. The quantitative estimate of drug-likeness (QED) is 0.944. The highest BCUT2D eigenvalue weighted by Crippen LogP contribution is 2.21. The summed E-state index contributed by atoms with van der Waals surface area (Å²) in [6.07, 6.45) is 6.66. The van der Waals surface area contributed by atoms with Crippen LogP contribution in [0.4, 0.5) is 5.69 Å². The van der Waals surface area contributed by atoms with E-state index in [1.807, 2.05) is 0 Å². The van der Waals surface area contributed by atoms with E-state index < -0.39 is 0 Å². The van der Waals surface area contributed by atoms with E-state index in [1.165, 1.54) is 0 Å². The normalized spacial score (nSPS) is 12.1. The number of carbonyl (C=O) groups excluding carboxylic acids is 1. The van der Waals surface area contributed by atoms with Gasteiger partial charge in [-0.2, -0.15) is 5.10 Å². The van der Waals surface area contributed by atoms with Crippen molar-refractivity contribution in [1.82, 2.24) is 14.8 Å². The molecular formula is C11H11BrN4O. The van der Waals surface area contributed by atoms with Gasteiger partial charge >= 0.3 is 0 Å². The highest BCUT2D eigenvalue weighted by Gasteiger charge is 2.15. The van der Waals surface area contributed by atoms with Crippen LogP contribution in [0.1, 0.15) is 13.0 Å². The molecule has 0 saturated carbocycles. The van der Waals surface area contributed by atoms with E-state index in [1.54, 1.807) is 48.5 Å². The van der Waals surface area contributed by atoms with Crippen LogP contribution in [0.2, 0.25) is 0 Å². The summed E-state index contributed by atoms with van der Waals surface area (Å²) in [6.45, 7) is 1.79. The summed E-state index contributed by atoms with van der Waals surface area (Å²) >= 11 is 3.32. The topological polar surface area (TPSA) is 59.8 Å². The van der Waals surface area contributed by atoms with Gasteiger partial charge in [0.15, 0.2) is 0 Å². The predicted molar refractivity (Wildman–Crippen MR) is 67.5 cm³/mol. The Bertz CT molecular complexity index is 512. The van der Waals surface area contributed by atoms with E-state index in [2.05, 4.69) is 31.3 Å². The minimum Gasteiger partial charge on any atom is -0.323 e. The van der Waals surface area contributed by atoms with Gasteiger partial charge in [0.25, 0.3) is 0 Å².